The first-order valence-electron chi connectivity index (χ1n) is 7.12. The number of rotatable bonds is 6. The Morgan fingerprint density at radius 1 is 1.15 bits per heavy atom. The monoisotopic (exact) mass is 864 g/mol. The van der Waals surface area contributed by atoms with E-state index in [1.54, 1.807) is 36.6 Å². The Kier molecular flexibility index (Phi) is 12.5. The van der Waals surface area contributed by atoms with Crippen LogP contribution in [0.2, 0.25) is 0 Å². The van der Waals surface area contributed by atoms with Crippen LogP contribution in [0.25, 0.3) is 6.08 Å². The van der Waals surface area contributed by atoms with E-state index >= 15 is 0 Å². The predicted molar refractivity (Wildman–Crippen MR) is 89.6 cm³/mol. The number of amides is 1. The van der Waals surface area contributed by atoms with Crippen LogP contribution in [0.15, 0.2) is 54.2 Å². The molecule has 0 saturated carbocycles. The van der Waals surface area contributed by atoms with Gasteiger partial charge in [0, 0.05) is 51.8 Å². The first kappa shape index (κ1) is 25.6. The van der Waals surface area contributed by atoms with Crippen molar-refractivity contribution in [3.8, 4) is 5.75 Å². The van der Waals surface area contributed by atoms with Gasteiger partial charge in [-0.1, -0.05) is 35.5 Å². The Balaban J connectivity index is 0. The summed E-state index contributed by atoms with van der Waals surface area (Å²) in [6, 6.07) is 14.2. The summed E-state index contributed by atoms with van der Waals surface area (Å²) in [6.07, 6.45) is 3.32. The molecule has 0 aliphatic carbocycles. The van der Waals surface area contributed by atoms with E-state index in [1.807, 2.05) is 31.2 Å². The van der Waals surface area contributed by atoms with E-state index in [2.05, 4.69) is 12.2 Å². The zero-order valence-electron chi connectivity index (χ0n) is 14.3. The third kappa shape index (κ3) is 7.53. The molecule has 0 aromatic heterocycles. The summed E-state index contributed by atoms with van der Waals surface area (Å²) in [4.78, 5) is 23.2. The van der Waals surface area contributed by atoms with Crippen LogP contribution in [0.3, 0.4) is 0 Å². The van der Waals surface area contributed by atoms with Crippen LogP contribution >= 0.6 is 0 Å². The number of ether oxygens (including phenoxy) is 1. The summed E-state index contributed by atoms with van der Waals surface area (Å²) < 4.78 is 5.21. The van der Waals surface area contributed by atoms with Gasteiger partial charge in [0.05, 0.1) is 0 Å². The molecule has 1 amide bonds. The Morgan fingerprint density at radius 2 is 1.73 bits per heavy atom. The van der Waals surface area contributed by atoms with Crippen molar-refractivity contribution in [2.45, 2.75) is 6.92 Å². The van der Waals surface area contributed by atoms with Crippen LogP contribution < -0.4 is 10.1 Å². The van der Waals surface area contributed by atoms with Crippen molar-refractivity contribution in [3.63, 3.8) is 0 Å². The molecular formula is C19H17NO3ReRfRh-2. The van der Waals surface area contributed by atoms with Crippen LogP contribution in [0, 0.1) is 13.8 Å². The molecular weight excluding hydrogens is 846 g/mol. The molecule has 0 saturated heterocycles. The maximum absolute atomic E-state index is 12.1. The van der Waals surface area contributed by atoms with E-state index < -0.39 is 0 Å². The fourth-order valence-electron chi connectivity index (χ4n) is 1.94. The Bertz CT molecular complexity index is 719. The minimum absolute atomic E-state index is 0. The topological polar surface area (TPSA) is 55.4 Å². The summed E-state index contributed by atoms with van der Waals surface area (Å²) in [5.41, 5.74) is 2.43. The maximum atomic E-state index is 12.1. The molecule has 7 heteroatoms. The molecule has 0 atom stereocenters. The molecule has 0 aliphatic heterocycles. The van der Waals surface area contributed by atoms with Gasteiger partial charge in [0.25, 0.3) is 5.91 Å². The number of carbonyl (C=O) groups excluding carboxylic acids is 2. The van der Waals surface area contributed by atoms with Crippen LogP contribution in [0.4, 0.5) is 0 Å². The number of benzene rings is 2. The van der Waals surface area contributed by atoms with Crippen molar-refractivity contribution in [2.75, 3.05) is 6.61 Å². The summed E-state index contributed by atoms with van der Waals surface area (Å²) in [5.74, 6) is 0.252. The number of aryl methyl sites for hydroxylation is 1. The van der Waals surface area contributed by atoms with E-state index in [9.17, 15) is 9.59 Å². The van der Waals surface area contributed by atoms with Gasteiger partial charge in [-0.25, -0.2) is 0 Å². The van der Waals surface area contributed by atoms with Crippen LogP contribution in [0.1, 0.15) is 21.5 Å². The molecule has 0 heterocycles. The molecule has 0 bridgehead atoms. The normalized spacial score (nSPS) is 9.69. The number of hydrogen-bond donors (Lipinski definition) is 1. The van der Waals surface area contributed by atoms with Gasteiger partial charge in [-0.15, -0.1) is 5.56 Å². The first-order chi connectivity index (χ1) is 11.1. The largest absolute Gasteiger partial charge is 0.525 e. The molecule has 2 aromatic carbocycles. The van der Waals surface area contributed by atoms with Gasteiger partial charge >= 0.3 is 0 Å². The zero-order valence-corrected chi connectivity index (χ0v) is 25.0. The van der Waals surface area contributed by atoms with Crippen molar-refractivity contribution in [1.29, 1.82) is 0 Å². The molecule has 0 unspecified atom stereocenters. The fraction of sp³-hybridized carbons (Fsp3) is 0.105. The van der Waals surface area contributed by atoms with Crippen LogP contribution in [0.5, 0.6) is 5.75 Å². The number of allylic oxidation sites excluding steroid dienone is 1. The van der Waals surface area contributed by atoms with Crippen molar-refractivity contribution in [1.82, 2.24) is 5.32 Å². The predicted octanol–water partition coefficient (Wildman–Crippen LogP) is 3.08. The van der Waals surface area contributed by atoms with Crippen molar-refractivity contribution in [3.05, 3.63) is 77.8 Å². The fourth-order valence-corrected chi connectivity index (χ4v) is 1.94. The molecule has 0 spiro atoms. The average molecular weight is 863 g/mol. The van der Waals surface area contributed by atoms with Gasteiger partial charge in [0.15, 0.2) is 0 Å². The van der Waals surface area contributed by atoms with E-state index in [0.717, 1.165) is 11.1 Å². The molecule has 4 nitrogen and oxygen atoms in total. The van der Waals surface area contributed by atoms with Gasteiger partial charge in [-0.3, -0.25) is 4.79 Å². The molecule has 2 rings (SSSR count). The van der Waals surface area contributed by atoms with Gasteiger partial charge < -0.3 is 21.8 Å². The molecule has 2 radical (unpaired) electrons. The minimum Gasteiger partial charge on any atom is -0.525 e. The van der Waals surface area contributed by atoms with Crippen LogP contribution in [-0.2, 0) is 44.7 Å². The second-order valence-corrected chi connectivity index (χ2v) is 4.90. The summed E-state index contributed by atoms with van der Waals surface area (Å²) >= 11 is 0. The summed E-state index contributed by atoms with van der Waals surface area (Å²) in [5, 5.41) is 2.54. The molecule has 136 valence electrons. The standard InChI is InChI=1S/C19H17NO3.Re.Rf.Rh/c1-3-23-18-10-8-16(9-11-18)19(22)20-17(13-21)12-15-6-4-14(2)5-7-15;;;/h4-12H,1,3H2,2H3,(H,20,22);;;/q-2;;;/b17-12-;;;. The van der Waals surface area contributed by atoms with E-state index in [1.165, 1.54) is 0 Å². The Labute approximate surface area is 174 Å². The molecule has 0 fully saturated rings. The maximum Gasteiger partial charge on any atom is 0.253 e. The van der Waals surface area contributed by atoms with Gasteiger partial charge in [0.2, 0.25) is 0 Å². The summed E-state index contributed by atoms with van der Waals surface area (Å²) in [7, 11) is 0. The van der Waals surface area contributed by atoms with E-state index in [0.29, 0.717) is 17.9 Å². The molecule has 2 aromatic rings. The summed E-state index contributed by atoms with van der Waals surface area (Å²) in [6.45, 7) is 5.87. The van der Waals surface area contributed by atoms with E-state index in [4.69, 9.17) is 4.74 Å². The number of nitrogens with one attached hydrogen (secondary N) is 1. The minimum atomic E-state index is -0.382. The number of carbonyl (C=O) groups is 1. The third-order valence-corrected chi connectivity index (χ3v) is 3.13. The second-order valence-electron chi connectivity index (χ2n) is 4.90. The first-order valence-corrected chi connectivity index (χ1v) is 7.12. The molecule has 1 N–H and O–H groups in total. The van der Waals surface area contributed by atoms with Crippen LogP contribution in [-0.4, -0.2) is 18.8 Å². The quantitative estimate of drug-likeness (QED) is 0.277. The van der Waals surface area contributed by atoms with Crippen molar-refractivity contribution in [2.24, 2.45) is 0 Å². The third-order valence-electron chi connectivity index (χ3n) is 3.13. The smallest absolute Gasteiger partial charge is 0.253 e. The molecule has 0 aliphatic rings. The second kappa shape index (κ2) is 12.7. The number of hydrogen-bond acceptors (Lipinski definition) is 3. The average Bonchev–Trinajstić information content (AvgIpc) is 2.57. The van der Waals surface area contributed by atoms with Gasteiger partial charge in [-0.2, -0.15) is 6.08 Å². The van der Waals surface area contributed by atoms with Crippen molar-refractivity contribution >= 4 is 18.3 Å². The molecule has 26 heavy (non-hydrogen) atoms. The van der Waals surface area contributed by atoms with Gasteiger partial charge in [-0.05, 0) is 37.8 Å². The van der Waals surface area contributed by atoms with Crippen molar-refractivity contribution < 1.29 is 54.2 Å². The zero-order chi connectivity index (χ0) is 16.7. The van der Waals surface area contributed by atoms with E-state index in [-0.39, 0.29) is 51.5 Å². The Hall–Kier alpha value is -2.59. The Morgan fingerprint density at radius 3 is 2.23 bits per heavy atom. The van der Waals surface area contributed by atoms with Gasteiger partial charge in [0.1, 0.15) is 5.75 Å². The SMILES string of the molecule is [CH2-]COc1ccc(C(=O)N/C([C-]=O)=C\c2ccc(C)cc2)cc1.[Re].[Rf].[Rh].